The quantitative estimate of drug-likeness (QED) is 0.687. The minimum Gasteiger partial charge on any atom is -0.493 e. The van der Waals surface area contributed by atoms with Crippen LogP contribution in [0.3, 0.4) is 0 Å². The SMILES string of the molecule is C=CCc1cc(C(=O)N(CC)c2ccc(F)c(F)c2)cc(OC)c1OC. The molecule has 0 radical (unpaired) electrons. The first-order valence-electron chi connectivity index (χ1n) is 8.09. The van der Waals surface area contributed by atoms with E-state index in [0.29, 0.717) is 23.5 Å². The molecule has 26 heavy (non-hydrogen) atoms. The average Bonchev–Trinajstić information content (AvgIpc) is 2.64. The Labute approximate surface area is 151 Å². The van der Waals surface area contributed by atoms with Crippen LogP contribution >= 0.6 is 0 Å². The van der Waals surface area contributed by atoms with Crippen molar-refractivity contribution in [3.05, 3.63) is 65.7 Å². The first-order chi connectivity index (χ1) is 12.5. The Bertz CT molecular complexity index is 821. The van der Waals surface area contributed by atoms with Crippen LogP contribution in [0.15, 0.2) is 43.0 Å². The van der Waals surface area contributed by atoms with Gasteiger partial charge in [-0.1, -0.05) is 6.08 Å². The van der Waals surface area contributed by atoms with Crippen LogP contribution in [-0.2, 0) is 6.42 Å². The third-order valence-electron chi connectivity index (χ3n) is 3.94. The molecule has 0 N–H and O–H groups in total. The van der Waals surface area contributed by atoms with E-state index in [0.717, 1.165) is 17.7 Å². The Hall–Kier alpha value is -2.89. The number of benzene rings is 2. The highest BCUT2D eigenvalue weighted by Gasteiger charge is 2.21. The van der Waals surface area contributed by atoms with Crippen LogP contribution in [0.5, 0.6) is 11.5 Å². The van der Waals surface area contributed by atoms with E-state index in [1.54, 1.807) is 25.1 Å². The first-order valence-corrected chi connectivity index (χ1v) is 8.09. The molecule has 2 aromatic rings. The summed E-state index contributed by atoms with van der Waals surface area (Å²) in [7, 11) is 3.00. The van der Waals surface area contributed by atoms with E-state index in [9.17, 15) is 13.6 Å². The van der Waals surface area contributed by atoms with E-state index in [1.807, 2.05) is 0 Å². The molecule has 0 aliphatic carbocycles. The summed E-state index contributed by atoms with van der Waals surface area (Å²) >= 11 is 0. The van der Waals surface area contributed by atoms with Crippen molar-refractivity contribution < 1.29 is 23.0 Å². The van der Waals surface area contributed by atoms with E-state index in [4.69, 9.17) is 9.47 Å². The number of ether oxygens (including phenoxy) is 2. The normalized spacial score (nSPS) is 10.3. The van der Waals surface area contributed by atoms with Gasteiger partial charge in [-0.2, -0.15) is 0 Å². The molecule has 6 heteroatoms. The molecule has 1 amide bonds. The summed E-state index contributed by atoms with van der Waals surface area (Å²) in [5.74, 6) is -1.38. The summed E-state index contributed by atoms with van der Waals surface area (Å²) in [6.45, 7) is 5.75. The van der Waals surface area contributed by atoms with Gasteiger partial charge < -0.3 is 14.4 Å². The molecular formula is C20H21F2NO3. The molecule has 0 atom stereocenters. The van der Waals surface area contributed by atoms with E-state index >= 15 is 0 Å². The lowest BCUT2D eigenvalue weighted by Crippen LogP contribution is -2.31. The van der Waals surface area contributed by atoms with Gasteiger partial charge in [-0.15, -0.1) is 6.58 Å². The summed E-state index contributed by atoms with van der Waals surface area (Å²) in [4.78, 5) is 14.3. The van der Waals surface area contributed by atoms with E-state index in [1.165, 1.54) is 25.2 Å². The molecule has 0 heterocycles. The van der Waals surface area contributed by atoms with Crippen LogP contribution < -0.4 is 14.4 Å². The number of carbonyl (C=O) groups is 1. The van der Waals surface area contributed by atoms with Gasteiger partial charge in [-0.25, -0.2) is 8.78 Å². The molecule has 0 unspecified atom stereocenters. The Morgan fingerprint density at radius 3 is 2.42 bits per heavy atom. The van der Waals surface area contributed by atoms with Gasteiger partial charge in [0.05, 0.1) is 14.2 Å². The number of rotatable bonds is 7. The molecule has 138 valence electrons. The number of nitrogens with zero attached hydrogens (tertiary/aromatic N) is 1. The highest BCUT2D eigenvalue weighted by atomic mass is 19.2. The number of carbonyl (C=O) groups excluding carboxylic acids is 1. The topological polar surface area (TPSA) is 38.8 Å². The van der Waals surface area contributed by atoms with Crippen molar-refractivity contribution in [2.75, 3.05) is 25.7 Å². The van der Waals surface area contributed by atoms with Gasteiger partial charge in [-0.05, 0) is 37.6 Å². The third-order valence-corrected chi connectivity index (χ3v) is 3.94. The zero-order chi connectivity index (χ0) is 19.3. The number of anilines is 1. The highest BCUT2D eigenvalue weighted by molar-refractivity contribution is 6.06. The second kappa shape index (κ2) is 8.47. The lowest BCUT2D eigenvalue weighted by atomic mass is 10.0. The predicted molar refractivity (Wildman–Crippen MR) is 97.2 cm³/mol. The van der Waals surface area contributed by atoms with Crippen LogP contribution in [-0.4, -0.2) is 26.7 Å². The molecule has 0 aliphatic rings. The second-order valence-corrected chi connectivity index (χ2v) is 5.51. The average molecular weight is 361 g/mol. The number of allylic oxidation sites excluding steroid dienone is 1. The second-order valence-electron chi connectivity index (χ2n) is 5.51. The van der Waals surface area contributed by atoms with Gasteiger partial charge in [0.1, 0.15) is 0 Å². The van der Waals surface area contributed by atoms with Crippen LogP contribution in [0, 0.1) is 11.6 Å². The van der Waals surface area contributed by atoms with E-state index in [-0.39, 0.29) is 18.1 Å². The largest absolute Gasteiger partial charge is 0.493 e. The molecule has 0 aromatic heterocycles. The summed E-state index contributed by atoms with van der Waals surface area (Å²) in [6, 6.07) is 6.62. The summed E-state index contributed by atoms with van der Waals surface area (Å²) < 4.78 is 37.4. The molecule has 0 bridgehead atoms. The van der Waals surface area contributed by atoms with Crippen LogP contribution in [0.4, 0.5) is 14.5 Å². The molecule has 4 nitrogen and oxygen atoms in total. The third kappa shape index (κ3) is 3.85. The Morgan fingerprint density at radius 2 is 1.88 bits per heavy atom. The molecule has 0 fully saturated rings. The Morgan fingerprint density at radius 1 is 1.15 bits per heavy atom. The molecule has 0 spiro atoms. The zero-order valence-electron chi connectivity index (χ0n) is 15.0. The van der Waals surface area contributed by atoms with Gasteiger partial charge >= 0.3 is 0 Å². The van der Waals surface area contributed by atoms with Crippen molar-refractivity contribution in [3.8, 4) is 11.5 Å². The van der Waals surface area contributed by atoms with Gasteiger partial charge in [0, 0.05) is 29.4 Å². The number of amides is 1. The lowest BCUT2D eigenvalue weighted by Gasteiger charge is -2.22. The Balaban J connectivity index is 2.50. The van der Waals surface area contributed by atoms with Crippen LogP contribution in [0.25, 0.3) is 0 Å². The molecule has 2 rings (SSSR count). The van der Waals surface area contributed by atoms with Gasteiger partial charge in [0.2, 0.25) is 0 Å². The summed E-state index contributed by atoms with van der Waals surface area (Å²) in [6.07, 6.45) is 2.18. The van der Waals surface area contributed by atoms with Crippen molar-refractivity contribution in [3.63, 3.8) is 0 Å². The molecule has 0 aliphatic heterocycles. The van der Waals surface area contributed by atoms with Crippen molar-refractivity contribution in [1.29, 1.82) is 0 Å². The van der Waals surface area contributed by atoms with Crippen LogP contribution in [0.1, 0.15) is 22.8 Å². The molecule has 2 aromatic carbocycles. The summed E-state index contributed by atoms with van der Waals surface area (Å²) in [5, 5.41) is 0. The number of halogens is 2. The van der Waals surface area contributed by atoms with E-state index < -0.39 is 11.6 Å². The fourth-order valence-electron chi connectivity index (χ4n) is 2.73. The minimum atomic E-state index is -1.01. The number of methoxy groups -OCH3 is 2. The standard InChI is InChI=1S/C20H21F2NO3/c1-5-7-13-10-14(11-18(25-3)19(13)26-4)20(24)23(6-2)15-8-9-16(21)17(22)12-15/h5,8-12H,1,6-7H2,2-4H3. The molecule has 0 saturated heterocycles. The maximum absolute atomic E-state index is 13.6. The lowest BCUT2D eigenvalue weighted by molar-refractivity contribution is 0.0987. The highest BCUT2D eigenvalue weighted by Crippen LogP contribution is 2.34. The number of hydrogen-bond acceptors (Lipinski definition) is 3. The van der Waals surface area contributed by atoms with Gasteiger partial charge in [0.25, 0.3) is 5.91 Å². The maximum atomic E-state index is 13.6. The smallest absolute Gasteiger partial charge is 0.258 e. The molecular weight excluding hydrogens is 340 g/mol. The fraction of sp³-hybridized carbons (Fsp3) is 0.250. The van der Waals surface area contributed by atoms with Gasteiger partial charge in [0.15, 0.2) is 23.1 Å². The van der Waals surface area contributed by atoms with Crippen molar-refractivity contribution in [2.24, 2.45) is 0 Å². The Kier molecular flexibility index (Phi) is 6.33. The van der Waals surface area contributed by atoms with E-state index in [2.05, 4.69) is 6.58 Å². The minimum absolute atomic E-state index is 0.274. The van der Waals surface area contributed by atoms with Crippen molar-refractivity contribution in [1.82, 2.24) is 0 Å². The maximum Gasteiger partial charge on any atom is 0.258 e. The first kappa shape index (κ1) is 19.4. The van der Waals surface area contributed by atoms with Crippen LogP contribution in [0.2, 0.25) is 0 Å². The zero-order valence-corrected chi connectivity index (χ0v) is 15.0. The fourth-order valence-corrected chi connectivity index (χ4v) is 2.73. The summed E-state index contributed by atoms with van der Waals surface area (Å²) in [5.41, 5.74) is 1.37. The van der Waals surface area contributed by atoms with Crippen molar-refractivity contribution >= 4 is 11.6 Å². The predicted octanol–water partition coefficient (Wildman–Crippen LogP) is 4.38. The van der Waals surface area contributed by atoms with Gasteiger partial charge in [-0.3, -0.25) is 4.79 Å². The molecule has 0 saturated carbocycles. The monoisotopic (exact) mass is 361 g/mol. The number of hydrogen-bond donors (Lipinski definition) is 0. The van der Waals surface area contributed by atoms with Crippen molar-refractivity contribution in [2.45, 2.75) is 13.3 Å².